The van der Waals surface area contributed by atoms with E-state index in [0.717, 1.165) is 0 Å². The summed E-state index contributed by atoms with van der Waals surface area (Å²) in [5.41, 5.74) is 1.56. The third-order valence-electron chi connectivity index (χ3n) is 2.63. The molecule has 2 rings (SSSR count). The molecular weight excluding hydrogens is 134 g/mol. The van der Waals surface area contributed by atoms with Gasteiger partial charge in [-0.15, -0.1) is 0 Å². The van der Waals surface area contributed by atoms with E-state index in [-0.39, 0.29) is 0 Å². The van der Waals surface area contributed by atoms with Crippen LogP contribution in [0.15, 0.2) is 5.57 Å². The normalized spacial score (nSPS) is 24.4. The molecular formula is C10H16N+. The molecule has 0 amide bonds. The van der Waals surface area contributed by atoms with E-state index in [1.165, 1.54) is 51.6 Å². The Morgan fingerprint density at radius 1 is 0.909 bits per heavy atom. The summed E-state index contributed by atoms with van der Waals surface area (Å²) in [4.78, 5) is 0. The van der Waals surface area contributed by atoms with Gasteiger partial charge in [-0.1, -0.05) is 0 Å². The van der Waals surface area contributed by atoms with Crippen LogP contribution in [-0.2, 0) is 0 Å². The van der Waals surface area contributed by atoms with Gasteiger partial charge in [0.15, 0.2) is 19.0 Å². The average Bonchev–Trinajstić information content (AvgIpc) is 1.99. The second-order valence-corrected chi connectivity index (χ2v) is 3.62. The molecule has 2 aliphatic rings. The van der Waals surface area contributed by atoms with Crippen LogP contribution in [0.4, 0.5) is 0 Å². The first-order valence-corrected chi connectivity index (χ1v) is 4.81. The molecule has 60 valence electrons. The van der Waals surface area contributed by atoms with Crippen LogP contribution < -0.4 is 0 Å². The van der Waals surface area contributed by atoms with Crippen molar-refractivity contribution in [3.8, 4) is 0 Å². The lowest BCUT2D eigenvalue weighted by molar-refractivity contribution is -0.530. The molecule has 1 saturated carbocycles. The largest absolute Gasteiger partial charge is 0.188 e. The molecule has 1 heterocycles. The van der Waals surface area contributed by atoms with Crippen LogP contribution in [-0.4, -0.2) is 23.5 Å². The fourth-order valence-corrected chi connectivity index (χ4v) is 1.69. The molecule has 0 bridgehead atoms. The maximum atomic E-state index is 3.51. The van der Waals surface area contributed by atoms with Crippen molar-refractivity contribution in [2.45, 2.75) is 38.5 Å². The highest BCUT2D eigenvalue weighted by Crippen LogP contribution is 2.22. The van der Waals surface area contributed by atoms with Crippen LogP contribution in [0.3, 0.4) is 0 Å². The van der Waals surface area contributed by atoms with Gasteiger partial charge < -0.3 is 0 Å². The van der Waals surface area contributed by atoms with Gasteiger partial charge in [-0.25, -0.2) is 0 Å². The van der Waals surface area contributed by atoms with Crippen LogP contribution in [0.1, 0.15) is 38.5 Å². The second-order valence-electron chi connectivity index (χ2n) is 3.62. The highest BCUT2D eigenvalue weighted by Gasteiger charge is 2.14. The zero-order chi connectivity index (χ0) is 7.52. The van der Waals surface area contributed by atoms with E-state index in [0.29, 0.717) is 0 Å². The van der Waals surface area contributed by atoms with Crippen LogP contribution >= 0.6 is 0 Å². The molecule has 0 N–H and O–H groups in total. The Hall–Kier alpha value is -0.550. The van der Waals surface area contributed by atoms with Gasteiger partial charge >= 0.3 is 0 Å². The van der Waals surface area contributed by atoms with Gasteiger partial charge in [0.05, 0.1) is 0 Å². The first-order chi connectivity index (χ1) is 5.45. The maximum Gasteiger partial charge on any atom is 0.166 e. The van der Waals surface area contributed by atoms with Crippen molar-refractivity contribution in [2.75, 3.05) is 13.1 Å². The van der Waals surface area contributed by atoms with E-state index in [9.17, 15) is 0 Å². The number of piperidine rings is 1. The molecule has 1 aliphatic carbocycles. The molecule has 1 nitrogen and oxygen atoms in total. The summed E-state index contributed by atoms with van der Waals surface area (Å²) in [6.07, 6.45) is 8.21. The van der Waals surface area contributed by atoms with Crippen LogP contribution in [0.5, 0.6) is 0 Å². The van der Waals surface area contributed by atoms with Crippen molar-refractivity contribution < 1.29 is 4.58 Å². The predicted octanol–water partition coefficient (Wildman–Crippen LogP) is 1.96. The van der Waals surface area contributed by atoms with Gasteiger partial charge in [0.1, 0.15) is 0 Å². The Morgan fingerprint density at radius 2 is 1.64 bits per heavy atom. The quantitative estimate of drug-likeness (QED) is 0.464. The highest BCUT2D eigenvalue weighted by atomic mass is 15.0. The van der Waals surface area contributed by atoms with Crippen molar-refractivity contribution in [3.05, 3.63) is 5.57 Å². The SMILES string of the molecule is C(=C1CCC1)=[N+]1CCCCC1. The first kappa shape index (κ1) is 7.12. The van der Waals surface area contributed by atoms with Crippen molar-refractivity contribution in [3.63, 3.8) is 0 Å². The third-order valence-corrected chi connectivity index (χ3v) is 2.63. The van der Waals surface area contributed by atoms with E-state index in [4.69, 9.17) is 0 Å². The van der Waals surface area contributed by atoms with E-state index in [1.807, 2.05) is 0 Å². The molecule has 0 aromatic rings. The van der Waals surface area contributed by atoms with Gasteiger partial charge in [0, 0.05) is 18.4 Å². The Bertz CT molecular complexity index is 195. The Balaban J connectivity index is 2.05. The van der Waals surface area contributed by atoms with E-state index >= 15 is 0 Å². The van der Waals surface area contributed by atoms with Gasteiger partial charge in [-0.05, 0) is 25.7 Å². The molecule has 11 heavy (non-hydrogen) atoms. The Labute approximate surface area is 68.4 Å². The number of hydrogen-bond acceptors (Lipinski definition) is 0. The molecule has 0 radical (unpaired) electrons. The standard InChI is InChI=1S/C10H16N/c1-2-7-11(8-3-1)9-10-5-4-6-10/h1-8H2/q+1. The zero-order valence-electron chi connectivity index (χ0n) is 7.10. The van der Waals surface area contributed by atoms with Crippen molar-refractivity contribution in [2.24, 2.45) is 0 Å². The predicted molar refractivity (Wildman–Crippen MR) is 46.2 cm³/mol. The lowest BCUT2D eigenvalue weighted by Crippen LogP contribution is -2.20. The van der Waals surface area contributed by atoms with Crippen molar-refractivity contribution in [1.82, 2.24) is 0 Å². The lowest BCUT2D eigenvalue weighted by atomic mass is 9.94. The molecule has 0 unspecified atom stereocenters. The molecule has 1 heteroatoms. The number of allylic oxidation sites excluding steroid dienone is 1. The summed E-state index contributed by atoms with van der Waals surface area (Å²) in [5, 5.41) is 0. The highest BCUT2D eigenvalue weighted by molar-refractivity contribution is 5.54. The summed E-state index contributed by atoms with van der Waals surface area (Å²) >= 11 is 0. The maximum absolute atomic E-state index is 3.51. The van der Waals surface area contributed by atoms with Gasteiger partial charge in [-0.2, -0.15) is 4.58 Å². The second kappa shape index (κ2) is 3.23. The van der Waals surface area contributed by atoms with Crippen molar-refractivity contribution in [1.29, 1.82) is 0 Å². The van der Waals surface area contributed by atoms with Gasteiger partial charge in [0.25, 0.3) is 0 Å². The van der Waals surface area contributed by atoms with E-state index in [1.54, 1.807) is 5.57 Å². The van der Waals surface area contributed by atoms with Crippen molar-refractivity contribution >= 4 is 5.87 Å². The monoisotopic (exact) mass is 150 g/mol. The van der Waals surface area contributed by atoms with Gasteiger partial charge in [-0.3, -0.25) is 0 Å². The van der Waals surface area contributed by atoms with E-state index < -0.39 is 0 Å². The molecule has 0 spiro atoms. The Morgan fingerprint density at radius 3 is 2.18 bits per heavy atom. The number of nitrogens with zero attached hydrogens (tertiary/aromatic N) is 1. The number of rotatable bonds is 0. The van der Waals surface area contributed by atoms with Crippen LogP contribution in [0.2, 0.25) is 0 Å². The van der Waals surface area contributed by atoms with E-state index in [2.05, 4.69) is 10.4 Å². The molecule has 0 aromatic heterocycles. The molecule has 0 aromatic carbocycles. The third kappa shape index (κ3) is 1.72. The molecule has 2 fully saturated rings. The first-order valence-electron chi connectivity index (χ1n) is 4.81. The lowest BCUT2D eigenvalue weighted by Gasteiger charge is -2.11. The average molecular weight is 150 g/mol. The van der Waals surface area contributed by atoms with Crippen LogP contribution in [0.25, 0.3) is 0 Å². The fourth-order valence-electron chi connectivity index (χ4n) is 1.69. The topological polar surface area (TPSA) is 3.01 Å². The summed E-state index contributed by atoms with van der Waals surface area (Å²) in [7, 11) is 0. The summed E-state index contributed by atoms with van der Waals surface area (Å²) in [5.74, 6) is 3.51. The molecule has 0 atom stereocenters. The Kier molecular flexibility index (Phi) is 2.09. The minimum Gasteiger partial charge on any atom is -0.188 e. The summed E-state index contributed by atoms with van der Waals surface area (Å²) < 4.78 is 2.39. The minimum absolute atomic E-state index is 1.25. The zero-order valence-corrected chi connectivity index (χ0v) is 7.10. The summed E-state index contributed by atoms with van der Waals surface area (Å²) in [6.45, 7) is 2.51. The van der Waals surface area contributed by atoms with Gasteiger partial charge in [0.2, 0.25) is 0 Å². The van der Waals surface area contributed by atoms with Crippen LogP contribution in [0, 0.1) is 0 Å². The summed E-state index contributed by atoms with van der Waals surface area (Å²) in [6, 6.07) is 0. The minimum atomic E-state index is 1.25. The fraction of sp³-hybridized carbons (Fsp3) is 0.800. The smallest absolute Gasteiger partial charge is 0.166 e. The molecule has 1 aliphatic heterocycles. The number of hydrogen-bond donors (Lipinski definition) is 0. The molecule has 1 saturated heterocycles.